The minimum absolute atomic E-state index is 0.308. The summed E-state index contributed by atoms with van der Waals surface area (Å²) in [5, 5.41) is 13.7. The average Bonchev–Trinajstić information content (AvgIpc) is 3.04. The molecule has 0 aliphatic heterocycles. The molecule has 3 rings (SSSR count). The number of ether oxygens (including phenoxy) is 1. The highest BCUT2D eigenvalue weighted by Crippen LogP contribution is 2.18. The standard InChI is InChI=1S/C16H15N3O2/c20-16-4-2-1-3-13(16)9-10-21-15-7-5-14(6-8-15)19-12-17-11-18-19/h1-8,11-12,20H,9-10H2. The quantitative estimate of drug-likeness (QED) is 0.781. The third kappa shape index (κ3) is 3.20. The van der Waals surface area contributed by atoms with E-state index in [4.69, 9.17) is 4.74 Å². The first kappa shape index (κ1) is 13.2. The Morgan fingerprint density at radius 1 is 1.05 bits per heavy atom. The number of para-hydroxylation sites is 1. The van der Waals surface area contributed by atoms with Crippen LogP contribution in [0, 0.1) is 0 Å². The molecule has 1 aromatic heterocycles. The van der Waals surface area contributed by atoms with Gasteiger partial charge in [-0.25, -0.2) is 9.67 Å². The van der Waals surface area contributed by atoms with Gasteiger partial charge in [0.15, 0.2) is 0 Å². The van der Waals surface area contributed by atoms with Crippen molar-refractivity contribution in [2.45, 2.75) is 6.42 Å². The van der Waals surface area contributed by atoms with Crippen molar-refractivity contribution in [3.8, 4) is 17.2 Å². The minimum atomic E-state index is 0.308. The van der Waals surface area contributed by atoms with Crippen molar-refractivity contribution < 1.29 is 9.84 Å². The van der Waals surface area contributed by atoms with Crippen LogP contribution in [0.25, 0.3) is 5.69 Å². The van der Waals surface area contributed by atoms with Gasteiger partial charge in [-0.05, 0) is 35.9 Å². The summed E-state index contributed by atoms with van der Waals surface area (Å²) in [5.74, 6) is 1.09. The topological polar surface area (TPSA) is 60.2 Å². The van der Waals surface area contributed by atoms with Gasteiger partial charge in [-0.1, -0.05) is 18.2 Å². The minimum Gasteiger partial charge on any atom is -0.508 e. The molecule has 5 heteroatoms. The van der Waals surface area contributed by atoms with Gasteiger partial charge in [0.2, 0.25) is 0 Å². The molecule has 1 heterocycles. The molecule has 2 aromatic carbocycles. The van der Waals surface area contributed by atoms with E-state index < -0.39 is 0 Å². The predicted octanol–water partition coefficient (Wildman–Crippen LogP) is 2.59. The average molecular weight is 281 g/mol. The Kier molecular flexibility index (Phi) is 3.82. The van der Waals surface area contributed by atoms with Gasteiger partial charge in [-0.3, -0.25) is 0 Å². The van der Waals surface area contributed by atoms with Crippen LogP contribution >= 0.6 is 0 Å². The largest absolute Gasteiger partial charge is 0.508 e. The van der Waals surface area contributed by atoms with Crippen LogP contribution in [0.5, 0.6) is 11.5 Å². The Labute approximate surface area is 122 Å². The van der Waals surface area contributed by atoms with Crippen molar-refractivity contribution in [2.24, 2.45) is 0 Å². The SMILES string of the molecule is Oc1ccccc1CCOc1ccc(-n2cncn2)cc1. The van der Waals surface area contributed by atoms with Crippen molar-refractivity contribution >= 4 is 0 Å². The molecule has 0 aliphatic rings. The number of phenolic OH excluding ortho intramolecular Hbond substituents is 1. The molecule has 0 unspecified atom stereocenters. The number of aromatic nitrogens is 3. The van der Waals surface area contributed by atoms with E-state index in [1.165, 1.54) is 6.33 Å². The number of benzene rings is 2. The number of phenols is 1. The molecule has 106 valence electrons. The third-order valence-corrected chi connectivity index (χ3v) is 3.15. The summed E-state index contributed by atoms with van der Waals surface area (Å²) >= 11 is 0. The van der Waals surface area contributed by atoms with Crippen LogP contribution in [-0.4, -0.2) is 26.5 Å². The fraction of sp³-hybridized carbons (Fsp3) is 0.125. The highest BCUT2D eigenvalue weighted by atomic mass is 16.5. The number of nitrogens with zero attached hydrogens (tertiary/aromatic N) is 3. The van der Waals surface area contributed by atoms with Gasteiger partial charge >= 0.3 is 0 Å². The van der Waals surface area contributed by atoms with Gasteiger partial charge in [0.25, 0.3) is 0 Å². The Hall–Kier alpha value is -2.82. The lowest BCUT2D eigenvalue weighted by Gasteiger charge is -2.08. The van der Waals surface area contributed by atoms with Crippen LogP contribution in [-0.2, 0) is 6.42 Å². The first-order chi connectivity index (χ1) is 10.3. The monoisotopic (exact) mass is 281 g/mol. The number of rotatable bonds is 5. The predicted molar refractivity (Wildman–Crippen MR) is 78.7 cm³/mol. The zero-order valence-corrected chi connectivity index (χ0v) is 11.4. The Balaban J connectivity index is 1.58. The molecule has 0 atom stereocenters. The molecule has 0 saturated carbocycles. The molecule has 5 nitrogen and oxygen atoms in total. The zero-order valence-electron chi connectivity index (χ0n) is 11.4. The molecular formula is C16H15N3O2. The molecule has 0 saturated heterocycles. The zero-order chi connectivity index (χ0) is 14.5. The molecule has 3 aromatic rings. The summed E-state index contributed by atoms with van der Waals surface area (Å²) in [4.78, 5) is 3.91. The molecule has 0 radical (unpaired) electrons. The summed E-state index contributed by atoms with van der Waals surface area (Å²) < 4.78 is 7.37. The molecule has 0 amide bonds. The van der Waals surface area contributed by atoms with E-state index in [0.717, 1.165) is 17.0 Å². The molecule has 1 N–H and O–H groups in total. The van der Waals surface area contributed by atoms with Gasteiger partial charge in [-0.15, -0.1) is 0 Å². The van der Waals surface area contributed by atoms with Gasteiger partial charge in [0, 0.05) is 6.42 Å². The molecule has 0 fully saturated rings. The lowest BCUT2D eigenvalue weighted by Crippen LogP contribution is -2.02. The second-order valence-corrected chi connectivity index (χ2v) is 4.56. The summed E-state index contributed by atoms with van der Waals surface area (Å²) in [6.45, 7) is 0.514. The van der Waals surface area contributed by atoms with Crippen LogP contribution < -0.4 is 4.74 Å². The van der Waals surface area contributed by atoms with Crippen LogP contribution in [0.15, 0.2) is 61.2 Å². The Morgan fingerprint density at radius 2 is 1.86 bits per heavy atom. The summed E-state index contributed by atoms with van der Waals surface area (Å²) in [7, 11) is 0. The Morgan fingerprint density at radius 3 is 2.57 bits per heavy atom. The second kappa shape index (κ2) is 6.09. The second-order valence-electron chi connectivity index (χ2n) is 4.56. The molecular weight excluding hydrogens is 266 g/mol. The van der Waals surface area contributed by atoms with Gasteiger partial charge in [-0.2, -0.15) is 5.10 Å². The van der Waals surface area contributed by atoms with Crippen LogP contribution in [0.2, 0.25) is 0 Å². The van der Waals surface area contributed by atoms with E-state index in [-0.39, 0.29) is 0 Å². The summed E-state index contributed by atoms with van der Waals surface area (Å²) in [5.41, 5.74) is 1.82. The van der Waals surface area contributed by atoms with Crippen molar-refractivity contribution in [3.05, 3.63) is 66.7 Å². The highest BCUT2D eigenvalue weighted by Gasteiger charge is 2.01. The first-order valence-corrected chi connectivity index (χ1v) is 6.68. The molecule has 0 aliphatic carbocycles. The maximum atomic E-state index is 9.68. The lowest BCUT2D eigenvalue weighted by atomic mass is 10.1. The van der Waals surface area contributed by atoms with E-state index in [1.807, 2.05) is 42.5 Å². The van der Waals surface area contributed by atoms with E-state index in [2.05, 4.69) is 10.1 Å². The van der Waals surface area contributed by atoms with E-state index >= 15 is 0 Å². The molecule has 0 bridgehead atoms. The van der Waals surface area contributed by atoms with E-state index in [1.54, 1.807) is 17.1 Å². The third-order valence-electron chi connectivity index (χ3n) is 3.15. The van der Waals surface area contributed by atoms with Crippen LogP contribution in [0.3, 0.4) is 0 Å². The van der Waals surface area contributed by atoms with Crippen molar-refractivity contribution in [3.63, 3.8) is 0 Å². The normalized spacial score (nSPS) is 10.5. The number of hydrogen-bond acceptors (Lipinski definition) is 4. The van der Waals surface area contributed by atoms with E-state index in [0.29, 0.717) is 18.8 Å². The highest BCUT2D eigenvalue weighted by molar-refractivity contribution is 5.36. The fourth-order valence-corrected chi connectivity index (χ4v) is 2.04. The fourth-order valence-electron chi connectivity index (χ4n) is 2.04. The summed E-state index contributed by atoms with van der Waals surface area (Å²) in [6.07, 6.45) is 3.81. The van der Waals surface area contributed by atoms with Crippen molar-refractivity contribution in [1.82, 2.24) is 14.8 Å². The number of aromatic hydroxyl groups is 1. The van der Waals surface area contributed by atoms with Gasteiger partial charge in [0.05, 0.1) is 12.3 Å². The lowest BCUT2D eigenvalue weighted by molar-refractivity contribution is 0.319. The van der Waals surface area contributed by atoms with Crippen molar-refractivity contribution in [1.29, 1.82) is 0 Å². The number of hydrogen-bond donors (Lipinski definition) is 1. The van der Waals surface area contributed by atoms with Crippen molar-refractivity contribution in [2.75, 3.05) is 6.61 Å². The molecule has 0 spiro atoms. The van der Waals surface area contributed by atoms with Crippen LogP contribution in [0.1, 0.15) is 5.56 Å². The van der Waals surface area contributed by atoms with Gasteiger partial charge < -0.3 is 9.84 Å². The van der Waals surface area contributed by atoms with Crippen LogP contribution in [0.4, 0.5) is 0 Å². The Bertz CT molecular complexity index is 694. The smallest absolute Gasteiger partial charge is 0.138 e. The maximum absolute atomic E-state index is 9.68. The molecule has 21 heavy (non-hydrogen) atoms. The summed E-state index contributed by atoms with van der Waals surface area (Å²) in [6, 6.07) is 14.9. The van der Waals surface area contributed by atoms with Gasteiger partial charge in [0.1, 0.15) is 24.2 Å². The van der Waals surface area contributed by atoms with E-state index in [9.17, 15) is 5.11 Å². The maximum Gasteiger partial charge on any atom is 0.138 e. The first-order valence-electron chi connectivity index (χ1n) is 6.68.